The first-order valence-electron chi connectivity index (χ1n) is 10.2. The molecule has 2 N–H and O–H groups in total. The number of anilines is 1. The van der Waals surface area contributed by atoms with Crippen LogP contribution in [0.2, 0.25) is 0 Å². The largest absolute Gasteiger partial charge is 0.335 e. The van der Waals surface area contributed by atoms with Crippen molar-refractivity contribution in [3.8, 4) is 0 Å². The first kappa shape index (κ1) is 20.1. The van der Waals surface area contributed by atoms with E-state index in [0.29, 0.717) is 38.4 Å². The summed E-state index contributed by atoms with van der Waals surface area (Å²) in [4.78, 5) is 29.4. The third-order valence-electron chi connectivity index (χ3n) is 5.69. The highest BCUT2D eigenvalue weighted by molar-refractivity contribution is 6.04. The lowest BCUT2D eigenvalue weighted by atomic mass is 10.1. The molecule has 0 saturated carbocycles. The number of rotatable bonds is 4. The van der Waals surface area contributed by atoms with Gasteiger partial charge in [-0.3, -0.25) is 19.6 Å². The van der Waals surface area contributed by atoms with E-state index in [-0.39, 0.29) is 11.8 Å². The Balaban J connectivity index is 1.35. The van der Waals surface area contributed by atoms with Gasteiger partial charge in [0.05, 0.1) is 12.1 Å². The van der Waals surface area contributed by atoms with E-state index >= 15 is 0 Å². The molecule has 2 amide bonds. The van der Waals surface area contributed by atoms with Crippen LogP contribution in [0.5, 0.6) is 0 Å². The van der Waals surface area contributed by atoms with Gasteiger partial charge in [0.15, 0.2) is 5.69 Å². The Hall–Kier alpha value is -3.19. The van der Waals surface area contributed by atoms with E-state index in [1.165, 1.54) is 0 Å². The molecule has 0 unspecified atom stereocenters. The number of aryl methyl sites for hydroxylation is 3. The van der Waals surface area contributed by atoms with Crippen molar-refractivity contribution in [2.24, 2.45) is 0 Å². The third kappa shape index (κ3) is 4.07. The van der Waals surface area contributed by atoms with Gasteiger partial charge < -0.3 is 10.2 Å². The molecule has 0 aliphatic carbocycles. The molecule has 7 nitrogen and oxygen atoms in total. The number of H-pyrrole nitrogens is 1. The molecular formula is C23H27N5O2. The summed E-state index contributed by atoms with van der Waals surface area (Å²) in [5.41, 5.74) is 5.43. The average molecular weight is 406 g/mol. The van der Waals surface area contributed by atoms with Crippen molar-refractivity contribution in [3.05, 3.63) is 58.8 Å². The second-order valence-corrected chi connectivity index (χ2v) is 8.00. The van der Waals surface area contributed by atoms with Gasteiger partial charge in [0, 0.05) is 37.3 Å². The summed E-state index contributed by atoms with van der Waals surface area (Å²) in [6, 6.07) is 11.9. The van der Waals surface area contributed by atoms with Gasteiger partial charge >= 0.3 is 0 Å². The lowest BCUT2D eigenvalue weighted by Gasteiger charge is -2.34. The van der Waals surface area contributed by atoms with Crippen LogP contribution in [0.4, 0.5) is 5.69 Å². The Morgan fingerprint density at radius 1 is 1.03 bits per heavy atom. The minimum Gasteiger partial charge on any atom is -0.335 e. The Morgan fingerprint density at radius 3 is 2.43 bits per heavy atom. The topological polar surface area (TPSA) is 81.3 Å². The van der Waals surface area contributed by atoms with Crippen LogP contribution >= 0.6 is 0 Å². The summed E-state index contributed by atoms with van der Waals surface area (Å²) in [6.07, 6.45) is 0. The molecule has 30 heavy (non-hydrogen) atoms. The van der Waals surface area contributed by atoms with E-state index < -0.39 is 0 Å². The zero-order chi connectivity index (χ0) is 21.3. The molecule has 0 bridgehead atoms. The summed E-state index contributed by atoms with van der Waals surface area (Å²) in [6.45, 7) is 8.79. The van der Waals surface area contributed by atoms with E-state index in [1.807, 2.05) is 62.1 Å². The van der Waals surface area contributed by atoms with Crippen molar-refractivity contribution in [1.82, 2.24) is 20.0 Å². The SMILES string of the molecule is Cc1ccc2[nH]nc(C(=O)N3CCN(CC(=O)Nc4c(C)cccc4C)CC3)c2c1. The van der Waals surface area contributed by atoms with Gasteiger partial charge in [0.2, 0.25) is 5.91 Å². The van der Waals surface area contributed by atoms with Crippen LogP contribution in [0.15, 0.2) is 36.4 Å². The second kappa shape index (κ2) is 8.28. The molecule has 1 fully saturated rings. The van der Waals surface area contributed by atoms with Crippen molar-refractivity contribution in [3.63, 3.8) is 0 Å². The minimum atomic E-state index is -0.0634. The summed E-state index contributed by atoms with van der Waals surface area (Å²) in [5.74, 6) is -0.0903. The Bertz CT molecular complexity index is 1080. The molecule has 0 atom stereocenters. The molecule has 1 saturated heterocycles. The number of aromatic nitrogens is 2. The van der Waals surface area contributed by atoms with Crippen molar-refractivity contribution >= 4 is 28.4 Å². The number of fused-ring (bicyclic) bond motifs is 1. The third-order valence-corrected chi connectivity index (χ3v) is 5.69. The maximum Gasteiger partial charge on any atom is 0.275 e. The van der Waals surface area contributed by atoms with Crippen LogP contribution < -0.4 is 5.32 Å². The molecule has 1 aliphatic rings. The molecule has 7 heteroatoms. The molecule has 3 aromatic rings. The second-order valence-electron chi connectivity index (χ2n) is 8.00. The van der Waals surface area contributed by atoms with Crippen LogP contribution in [-0.4, -0.2) is 64.5 Å². The van der Waals surface area contributed by atoms with Gasteiger partial charge in [-0.15, -0.1) is 0 Å². The lowest BCUT2D eigenvalue weighted by molar-refractivity contribution is -0.117. The predicted octanol–water partition coefficient (Wildman–Crippen LogP) is 2.88. The summed E-state index contributed by atoms with van der Waals surface area (Å²) < 4.78 is 0. The molecule has 1 aliphatic heterocycles. The monoisotopic (exact) mass is 405 g/mol. The predicted molar refractivity (Wildman–Crippen MR) is 118 cm³/mol. The van der Waals surface area contributed by atoms with E-state index in [0.717, 1.165) is 33.3 Å². The number of carbonyl (C=O) groups excluding carboxylic acids is 2. The number of nitrogens with one attached hydrogen (secondary N) is 2. The number of aromatic amines is 1. The van der Waals surface area contributed by atoms with Crippen molar-refractivity contribution in [2.45, 2.75) is 20.8 Å². The maximum absolute atomic E-state index is 13.0. The highest BCUT2D eigenvalue weighted by Crippen LogP contribution is 2.21. The van der Waals surface area contributed by atoms with Crippen molar-refractivity contribution in [2.75, 3.05) is 38.0 Å². The number of hydrogen-bond acceptors (Lipinski definition) is 4. The molecule has 0 spiro atoms. The maximum atomic E-state index is 13.0. The quantitative estimate of drug-likeness (QED) is 0.699. The van der Waals surface area contributed by atoms with E-state index in [4.69, 9.17) is 0 Å². The summed E-state index contributed by atoms with van der Waals surface area (Å²) in [5, 5.41) is 11.1. The Labute approximate surface area is 176 Å². The smallest absolute Gasteiger partial charge is 0.275 e. The summed E-state index contributed by atoms with van der Waals surface area (Å²) >= 11 is 0. The average Bonchev–Trinajstić information content (AvgIpc) is 3.14. The molecule has 156 valence electrons. The molecular weight excluding hydrogens is 378 g/mol. The molecule has 2 aromatic carbocycles. The number of piperazine rings is 1. The fourth-order valence-corrected chi connectivity index (χ4v) is 3.94. The number of carbonyl (C=O) groups is 2. The van der Waals surface area contributed by atoms with Crippen LogP contribution in [0.3, 0.4) is 0 Å². The fraction of sp³-hybridized carbons (Fsp3) is 0.348. The Kier molecular flexibility index (Phi) is 5.55. The van der Waals surface area contributed by atoms with E-state index in [9.17, 15) is 9.59 Å². The van der Waals surface area contributed by atoms with Crippen LogP contribution in [0.25, 0.3) is 10.9 Å². The molecule has 2 heterocycles. The van der Waals surface area contributed by atoms with Gasteiger partial charge in [-0.05, 0) is 44.0 Å². The summed E-state index contributed by atoms with van der Waals surface area (Å²) in [7, 11) is 0. The number of benzene rings is 2. The molecule has 1 aromatic heterocycles. The van der Waals surface area contributed by atoms with Crippen molar-refractivity contribution in [1.29, 1.82) is 0 Å². The lowest BCUT2D eigenvalue weighted by Crippen LogP contribution is -2.50. The molecule has 0 radical (unpaired) electrons. The van der Waals surface area contributed by atoms with Crippen LogP contribution in [0, 0.1) is 20.8 Å². The number of hydrogen-bond donors (Lipinski definition) is 2. The van der Waals surface area contributed by atoms with E-state index in [2.05, 4.69) is 20.4 Å². The van der Waals surface area contributed by atoms with Gasteiger partial charge in [-0.2, -0.15) is 5.10 Å². The standard InChI is InChI=1S/C23H27N5O2/c1-15-7-8-19-18(13-15)22(26-25-19)23(30)28-11-9-27(10-12-28)14-20(29)24-21-16(2)5-4-6-17(21)3/h4-8,13H,9-12,14H2,1-3H3,(H,24,29)(H,25,26). The Morgan fingerprint density at radius 2 is 1.73 bits per heavy atom. The minimum absolute atomic E-state index is 0.0269. The zero-order valence-corrected chi connectivity index (χ0v) is 17.7. The van der Waals surface area contributed by atoms with Crippen LogP contribution in [0.1, 0.15) is 27.2 Å². The zero-order valence-electron chi connectivity index (χ0n) is 17.7. The number of amides is 2. The normalized spacial score (nSPS) is 14.8. The van der Waals surface area contributed by atoms with Gasteiger partial charge in [-0.25, -0.2) is 0 Å². The first-order valence-corrected chi connectivity index (χ1v) is 10.2. The number of para-hydroxylation sites is 1. The molecule has 4 rings (SSSR count). The van der Waals surface area contributed by atoms with Crippen LogP contribution in [-0.2, 0) is 4.79 Å². The van der Waals surface area contributed by atoms with Gasteiger partial charge in [0.25, 0.3) is 5.91 Å². The van der Waals surface area contributed by atoms with E-state index in [1.54, 1.807) is 0 Å². The van der Waals surface area contributed by atoms with Gasteiger partial charge in [-0.1, -0.05) is 29.8 Å². The first-order chi connectivity index (χ1) is 14.4. The van der Waals surface area contributed by atoms with Crippen molar-refractivity contribution < 1.29 is 9.59 Å². The fourth-order valence-electron chi connectivity index (χ4n) is 3.94. The highest BCUT2D eigenvalue weighted by atomic mass is 16.2. The number of nitrogens with zero attached hydrogens (tertiary/aromatic N) is 3. The van der Waals surface area contributed by atoms with Gasteiger partial charge in [0.1, 0.15) is 0 Å². The highest BCUT2D eigenvalue weighted by Gasteiger charge is 2.26.